The summed E-state index contributed by atoms with van der Waals surface area (Å²) in [5.41, 5.74) is 1.06. The van der Waals surface area contributed by atoms with E-state index in [1.165, 1.54) is 5.75 Å². The normalized spacial score (nSPS) is 19.6. The van der Waals surface area contributed by atoms with Gasteiger partial charge in [0.05, 0.1) is 0 Å². The number of pyridine rings is 1. The van der Waals surface area contributed by atoms with Gasteiger partial charge in [-0.1, -0.05) is 0 Å². The Morgan fingerprint density at radius 3 is 2.94 bits per heavy atom. The molecule has 3 rings (SSSR count). The molecule has 1 aliphatic heterocycles. The number of H-pyrrole nitrogens is 1. The highest BCUT2D eigenvalue weighted by Crippen LogP contribution is 2.31. The summed E-state index contributed by atoms with van der Waals surface area (Å²) < 4.78 is 2.86. The Bertz CT molecular complexity index is 554. The molecule has 6 heteroatoms. The van der Waals surface area contributed by atoms with E-state index in [1.807, 2.05) is 23.9 Å². The van der Waals surface area contributed by atoms with Crippen LogP contribution in [-0.4, -0.2) is 31.3 Å². The fraction of sp³-hybridized carbons (Fsp3) is 0.364. The van der Waals surface area contributed by atoms with Crippen molar-refractivity contribution in [2.45, 2.75) is 12.5 Å². The molecule has 3 heterocycles. The molecule has 1 unspecified atom stereocenters. The Morgan fingerprint density at radius 2 is 2.24 bits per heavy atom. The van der Waals surface area contributed by atoms with Crippen molar-refractivity contribution in [2.75, 3.05) is 11.5 Å². The number of rotatable bonds is 2. The molecule has 1 aliphatic rings. The molecule has 1 fully saturated rings. The largest absolute Gasteiger partial charge is 0.296 e. The van der Waals surface area contributed by atoms with Gasteiger partial charge in [0.15, 0.2) is 10.6 Å². The van der Waals surface area contributed by atoms with E-state index in [0.717, 1.165) is 23.6 Å². The molecule has 0 aliphatic carbocycles. The quantitative estimate of drug-likeness (QED) is 0.847. The van der Waals surface area contributed by atoms with Gasteiger partial charge in [-0.2, -0.15) is 16.9 Å². The average Bonchev–Trinajstić information content (AvgIpc) is 2.99. The minimum atomic E-state index is 0.467. The van der Waals surface area contributed by atoms with Gasteiger partial charge in [0.25, 0.3) is 0 Å². The van der Waals surface area contributed by atoms with Crippen molar-refractivity contribution in [3.63, 3.8) is 0 Å². The molecule has 17 heavy (non-hydrogen) atoms. The zero-order chi connectivity index (χ0) is 11.7. The van der Waals surface area contributed by atoms with Crippen LogP contribution in [-0.2, 0) is 0 Å². The Hall–Kier alpha value is -1.14. The fourth-order valence-corrected chi connectivity index (χ4v) is 3.55. The number of thioether (sulfide) groups is 1. The molecule has 4 nitrogen and oxygen atoms in total. The van der Waals surface area contributed by atoms with Crippen LogP contribution in [0.5, 0.6) is 0 Å². The van der Waals surface area contributed by atoms with E-state index in [9.17, 15) is 0 Å². The molecule has 1 saturated heterocycles. The van der Waals surface area contributed by atoms with Crippen molar-refractivity contribution in [1.29, 1.82) is 0 Å². The first-order chi connectivity index (χ1) is 8.36. The average molecular weight is 264 g/mol. The second-order valence-corrected chi connectivity index (χ2v) is 5.51. The van der Waals surface area contributed by atoms with Gasteiger partial charge in [-0.3, -0.25) is 14.6 Å². The Morgan fingerprint density at radius 1 is 1.41 bits per heavy atom. The third-order valence-corrected chi connectivity index (χ3v) is 4.35. The number of hydrogen-bond acceptors (Lipinski definition) is 4. The van der Waals surface area contributed by atoms with Crippen molar-refractivity contribution in [1.82, 2.24) is 19.7 Å². The molecule has 88 valence electrons. The summed E-state index contributed by atoms with van der Waals surface area (Å²) in [6, 6.07) is 4.39. The van der Waals surface area contributed by atoms with Gasteiger partial charge in [0.2, 0.25) is 0 Å². The maximum Gasteiger partial charge on any atom is 0.195 e. The lowest BCUT2D eigenvalue weighted by molar-refractivity contribution is 0.557. The summed E-state index contributed by atoms with van der Waals surface area (Å²) in [5.74, 6) is 3.24. The third kappa shape index (κ3) is 2.02. The number of aromatic nitrogens is 4. The SMILES string of the molecule is S=c1[nH]nc(-c2ccncc2)n1C1CCSC1. The summed E-state index contributed by atoms with van der Waals surface area (Å²) >= 11 is 7.30. The molecular weight excluding hydrogens is 252 g/mol. The summed E-state index contributed by atoms with van der Waals surface area (Å²) in [6.07, 6.45) is 4.72. The number of aromatic amines is 1. The van der Waals surface area contributed by atoms with Crippen LogP contribution >= 0.6 is 24.0 Å². The van der Waals surface area contributed by atoms with Gasteiger partial charge in [-0.05, 0) is 36.5 Å². The lowest BCUT2D eigenvalue weighted by Gasteiger charge is -2.12. The standard InChI is InChI=1S/C11H12N4S2/c16-11-14-13-10(8-1-4-12-5-2-8)15(11)9-3-6-17-7-9/h1-2,4-5,9H,3,6-7H2,(H,14,16). The summed E-state index contributed by atoms with van der Waals surface area (Å²) in [4.78, 5) is 4.03. The molecule has 1 N–H and O–H groups in total. The molecule has 0 saturated carbocycles. The second kappa shape index (κ2) is 4.62. The lowest BCUT2D eigenvalue weighted by Crippen LogP contribution is -2.09. The molecular formula is C11H12N4S2. The van der Waals surface area contributed by atoms with Crippen LogP contribution in [0.2, 0.25) is 0 Å². The van der Waals surface area contributed by atoms with Crippen LogP contribution in [0.4, 0.5) is 0 Å². The first-order valence-corrected chi connectivity index (χ1v) is 7.07. The van der Waals surface area contributed by atoms with E-state index in [4.69, 9.17) is 12.2 Å². The molecule has 0 amide bonds. The molecule has 0 radical (unpaired) electrons. The zero-order valence-electron chi connectivity index (χ0n) is 9.17. The Balaban J connectivity index is 2.09. The van der Waals surface area contributed by atoms with Crippen LogP contribution in [0, 0.1) is 4.77 Å². The minimum Gasteiger partial charge on any atom is -0.296 e. The molecule has 1 atom stereocenters. The van der Waals surface area contributed by atoms with Crippen LogP contribution in [0.1, 0.15) is 12.5 Å². The van der Waals surface area contributed by atoms with Gasteiger partial charge in [-0.25, -0.2) is 0 Å². The Labute approximate surface area is 108 Å². The van der Waals surface area contributed by atoms with Gasteiger partial charge in [0, 0.05) is 29.8 Å². The summed E-state index contributed by atoms with van der Waals surface area (Å²) in [7, 11) is 0. The summed E-state index contributed by atoms with van der Waals surface area (Å²) in [5, 5.41) is 7.24. The van der Waals surface area contributed by atoms with Crippen LogP contribution in [0.3, 0.4) is 0 Å². The van der Waals surface area contributed by atoms with Gasteiger partial charge in [0.1, 0.15) is 0 Å². The third-order valence-electron chi connectivity index (χ3n) is 2.91. The highest BCUT2D eigenvalue weighted by molar-refractivity contribution is 7.99. The maximum atomic E-state index is 5.33. The van der Waals surface area contributed by atoms with Crippen molar-refractivity contribution in [2.24, 2.45) is 0 Å². The maximum absolute atomic E-state index is 5.33. The van der Waals surface area contributed by atoms with Crippen molar-refractivity contribution < 1.29 is 0 Å². The lowest BCUT2D eigenvalue weighted by atomic mass is 10.2. The second-order valence-electron chi connectivity index (χ2n) is 3.98. The van der Waals surface area contributed by atoms with Crippen LogP contribution in [0.15, 0.2) is 24.5 Å². The van der Waals surface area contributed by atoms with Gasteiger partial charge >= 0.3 is 0 Å². The monoisotopic (exact) mass is 264 g/mol. The minimum absolute atomic E-state index is 0.467. The predicted molar refractivity (Wildman–Crippen MR) is 71.6 cm³/mol. The van der Waals surface area contributed by atoms with E-state index in [2.05, 4.69) is 19.7 Å². The van der Waals surface area contributed by atoms with Crippen LogP contribution in [0.25, 0.3) is 11.4 Å². The van der Waals surface area contributed by atoms with Crippen LogP contribution < -0.4 is 0 Å². The van der Waals surface area contributed by atoms with Crippen molar-refractivity contribution >= 4 is 24.0 Å². The number of nitrogens with zero attached hydrogens (tertiary/aromatic N) is 3. The van der Waals surface area contributed by atoms with E-state index in [-0.39, 0.29) is 0 Å². The smallest absolute Gasteiger partial charge is 0.195 e. The van der Waals surface area contributed by atoms with E-state index < -0.39 is 0 Å². The molecule has 0 aromatic carbocycles. The number of nitrogens with one attached hydrogen (secondary N) is 1. The first-order valence-electron chi connectivity index (χ1n) is 5.51. The van der Waals surface area contributed by atoms with Crippen molar-refractivity contribution in [3.05, 3.63) is 29.3 Å². The first kappa shape index (κ1) is 11.0. The van der Waals surface area contributed by atoms with Crippen molar-refractivity contribution in [3.8, 4) is 11.4 Å². The van der Waals surface area contributed by atoms with E-state index >= 15 is 0 Å². The Kier molecular flexibility index (Phi) is 2.98. The molecule has 2 aromatic rings. The van der Waals surface area contributed by atoms with Gasteiger partial charge in [-0.15, -0.1) is 0 Å². The highest BCUT2D eigenvalue weighted by Gasteiger charge is 2.22. The zero-order valence-corrected chi connectivity index (χ0v) is 10.8. The highest BCUT2D eigenvalue weighted by atomic mass is 32.2. The molecule has 0 spiro atoms. The van der Waals surface area contributed by atoms with E-state index in [0.29, 0.717) is 10.8 Å². The topological polar surface area (TPSA) is 46.5 Å². The predicted octanol–water partition coefficient (Wildman–Crippen LogP) is 2.68. The fourth-order valence-electron chi connectivity index (χ4n) is 2.07. The molecule has 0 bridgehead atoms. The van der Waals surface area contributed by atoms with E-state index in [1.54, 1.807) is 12.4 Å². The molecule has 2 aromatic heterocycles. The summed E-state index contributed by atoms with van der Waals surface area (Å²) in [6.45, 7) is 0. The number of hydrogen-bond donors (Lipinski definition) is 1. The van der Waals surface area contributed by atoms with Gasteiger partial charge < -0.3 is 0 Å².